The minimum atomic E-state index is -0.722. The predicted octanol–water partition coefficient (Wildman–Crippen LogP) is 3.22. The second-order valence-corrected chi connectivity index (χ2v) is 6.86. The molecule has 1 aromatic carbocycles. The monoisotopic (exact) mass is 314 g/mol. The number of carbonyl (C=O) groups excluding carboxylic acids is 1. The highest BCUT2D eigenvalue weighted by Gasteiger charge is 2.35. The molecule has 2 N–H and O–H groups in total. The minimum absolute atomic E-state index is 0.0668. The van der Waals surface area contributed by atoms with E-state index in [1.807, 2.05) is 30.3 Å². The number of carbonyl (C=O) groups is 1. The minimum Gasteiger partial charge on any atom is -0.388 e. The van der Waals surface area contributed by atoms with Crippen LogP contribution in [0.4, 0.5) is 4.79 Å². The maximum Gasteiger partial charge on any atom is 0.318 e. The second-order valence-electron chi connectivity index (χ2n) is 6.86. The summed E-state index contributed by atoms with van der Waals surface area (Å²) in [4.78, 5) is 14.5. The fraction of sp³-hybridized carbons (Fsp3) is 0.526. The fourth-order valence-corrected chi connectivity index (χ4v) is 3.55. The smallest absolute Gasteiger partial charge is 0.318 e. The highest BCUT2D eigenvalue weighted by atomic mass is 16.3. The molecule has 0 spiro atoms. The van der Waals surface area contributed by atoms with Crippen molar-refractivity contribution in [3.63, 3.8) is 0 Å². The first kappa shape index (κ1) is 16.1. The zero-order valence-corrected chi connectivity index (χ0v) is 13.6. The molecule has 2 aliphatic carbocycles. The van der Waals surface area contributed by atoms with E-state index in [2.05, 4.69) is 17.5 Å². The van der Waals surface area contributed by atoms with Crippen molar-refractivity contribution in [2.45, 2.75) is 56.7 Å². The summed E-state index contributed by atoms with van der Waals surface area (Å²) in [6.45, 7) is 0.947. The van der Waals surface area contributed by atoms with Gasteiger partial charge < -0.3 is 15.3 Å². The van der Waals surface area contributed by atoms with Gasteiger partial charge in [-0.05, 0) is 31.2 Å². The largest absolute Gasteiger partial charge is 0.388 e. The first-order valence-corrected chi connectivity index (χ1v) is 8.61. The van der Waals surface area contributed by atoms with Gasteiger partial charge in [-0.1, -0.05) is 55.3 Å². The van der Waals surface area contributed by atoms with Gasteiger partial charge in [-0.15, -0.1) is 0 Å². The lowest BCUT2D eigenvalue weighted by atomic mass is 10.0. The van der Waals surface area contributed by atoms with Crippen LogP contribution >= 0.6 is 0 Å². The van der Waals surface area contributed by atoms with Crippen LogP contribution in [0.3, 0.4) is 0 Å². The lowest BCUT2D eigenvalue weighted by Crippen LogP contribution is -2.49. The molecule has 4 heteroatoms. The normalized spacial score (nSPS) is 19.9. The quantitative estimate of drug-likeness (QED) is 0.820. The van der Waals surface area contributed by atoms with Crippen LogP contribution < -0.4 is 5.32 Å². The molecule has 0 bridgehead atoms. The number of hydrogen-bond donors (Lipinski definition) is 2. The van der Waals surface area contributed by atoms with E-state index in [0.29, 0.717) is 13.1 Å². The Morgan fingerprint density at radius 3 is 2.48 bits per heavy atom. The van der Waals surface area contributed by atoms with Gasteiger partial charge in [0.1, 0.15) is 0 Å². The zero-order valence-electron chi connectivity index (χ0n) is 13.6. The van der Waals surface area contributed by atoms with Crippen LogP contribution in [-0.4, -0.2) is 34.2 Å². The van der Waals surface area contributed by atoms with Crippen molar-refractivity contribution in [2.24, 2.45) is 0 Å². The Hall–Kier alpha value is -1.81. The lowest BCUT2D eigenvalue weighted by molar-refractivity contribution is 0.0172. The van der Waals surface area contributed by atoms with Crippen LogP contribution in [0.5, 0.6) is 0 Å². The summed E-state index contributed by atoms with van der Waals surface area (Å²) in [6.07, 6.45) is 9.68. The Bertz CT molecular complexity index is 542. The Morgan fingerprint density at radius 1 is 1.17 bits per heavy atom. The van der Waals surface area contributed by atoms with Crippen molar-refractivity contribution in [2.75, 3.05) is 6.54 Å². The molecular formula is C19H26N2O2. The van der Waals surface area contributed by atoms with E-state index in [1.165, 1.54) is 0 Å². The number of urea groups is 1. The van der Waals surface area contributed by atoms with Crippen molar-refractivity contribution in [1.29, 1.82) is 0 Å². The predicted molar refractivity (Wildman–Crippen MR) is 91.0 cm³/mol. The summed E-state index contributed by atoms with van der Waals surface area (Å²) < 4.78 is 0. The number of amides is 2. The molecule has 2 aliphatic rings. The summed E-state index contributed by atoms with van der Waals surface area (Å²) in [7, 11) is 0. The molecule has 4 nitrogen and oxygen atoms in total. The van der Waals surface area contributed by atoms with Gasteiger partial charge in [-0.3, -0.25) is 0 Å². The maximum atomic E-state index is 12.7. The highest BCUT2D eigenvalue weighted by molar-refractivity contribution is 5.74. The molecule has 0 aromatic heterocycles. The van der Waals surface area contributed by atoms with Gasteiger partial charge in [0, 0.05) is 12.6 Å². The SMILES string of the molecule is O=C(NC1CC=CC1)N(Cc1ccccc1)CC1(O)CCCC1. The van der Waals surface area contributed by atoms with E-state index in [9.17, 15) is 9.90 Å². The molecule has 23 heavy (non-hydrogen) atoms. The summed E-state index contributed by atoms with van der Waals surface area (Å²) in [5.74, 6) is 0. The number of benzene rings is 1. The molecule has 0 atom stereocenters. The van der Waals surface area contributed by atoms with E-state index in [0.717, 1.165) is 44.1 Å². The lowest BCUT2D eigenvalue weighted by Gasteiger charge is -2.32. The molecule has 2 amide bonds. The molecule has 0 heterocycles. The van der Waals surface area contributed by atoms with Gasteiger partial charge in [0.2, 0.25) is 0 Å². The Balaban J connectivity index is 1.67. The highest BCUT2D eigenvalue weighted by Crippen LogP contribution is 2.30. The molecule has 0 radical (unpaired) electrons. The van der Waals surface area contributed by atoms with Crippen LogP contribution in [-0.2, 0) is 6.54 Å². The van der Waals surface area contributed by atoms with E-state index in [1.54, 1.807) is 4.90 Å². The summed E-state index contributed by atoms with van der Waals surface area (Å²) in [5.41, 5.74) is 0.369. The van der Waals surface area contributed by atoms with E-state index in [-0.39, 0.29) is 12.1 Å². The van der Waals surface area contributed by atoms with Gasteiger partial charge in [0.15, 0.2) is 0 Å². The van der Waals surface area contributed by atoms with Crippen molar-refractivity contribution < 1.29 is 9.90 Å². The number of aliphatic hydroxyl groups is 1. The third kappa shape index (κ3) is 4.35. The van der Waals surface area contributed by atoms with E-state index < -0.39 is 5.60 Å². The van der Waals surface area contributed by atoms with Crippen LogP contribution in [0.2, 0.25) is 0 Å². The van der Waals surface area contributed by atoms with Crippen LogP contribution in [0, 0.1) is 0 Å². The summed E-state index contributed by atoms with van der Waals surface area (Å²) in [6, 6.07) is 10.1. The number of nitrogens with one attached hydrogen (secondary N) is 1. The zero-order chi connectivity index (χ0) is 16.1. The Kier molecular flexibility index (Phi) is 5.01. The van der Waals surface area contributed by atoms with Crippen LogP contribution in [0.1, 0.15) is 44.1 Å². The topological polar surface area (TPSA) is 52.6 Å². The van der Waals surface area contributed by atoms with Crippen molar-refractivity contribution >= 4 is 6.03 Å². The molecule has 1 fully saturated rings. The Labute approximate surface area is 138 Å². The third-order valence-electron chi connectivity index (χ3n) is 4.86. The van der Waals surface area contributed by atoms with Gasteiger partial charge >= 0.3 is 6.03 Å². The van der Waals surface area contributed by atoms with Crippen molar-refractivity contribution in [3.05, 3.63) is 48.0 Å². The molecular weight excluding hydrogens is 288 g/mol. The third-order valence-corrected chi connectivity index (χ3v) is 4.86. The number of nitrogens with zero attached hydrogens (tertiary/aromatic N) is 1. The van der Waals surface area contributed by atoms with Crippen molar-refractivity contribution in [3.8, 4) is 0 Å². The first-order valence-electron chi connectivity index (χ1n) is 8.61. The molecule has 0 unspecified atom stereocenters. The number of hydrogen-bond acceptors (Lipinski definition) is 2. The molecule has 0 aliphatic heterocycles. The molecule has 124 valence electrons. The summed E-state index contributed by atoms with van der Waals surface area (Å²) in [5, 5.41) is 13.8. The average molecular weight is 314 g/mol. The number of rotatable bonds is 5. The molecule has 3 rings (SSSR count). The van der Waals surface area contributed by atoms with E-state index in [4.69, 9.17) is 0 Å². The maximum absolute atomic E-state index is 12.7. The van der Waals surface area contributed by atoms with Gasteiger partial charge in [0.25, 0.3) is 0 Å². The van der Waals surface area contributed by atoms with Gasteiger partial charge in [-0.2, -0.15) is 0 Å². The molecule has 0 saturated heterocycles. The summed E-state index contributed by atoms with van der Waals surface area (Å²) >= 11 is 0. The van der Waals surface area contributed by atoms with Crippen LogP contribution in [0.25, 0.3) is 0 Å². The second kappa shape index (κ2) is 7.18. The van der Waals surface area contributed by atoms with Gasteiger partial charge in [-0.25, -0.2) is 4.79 Å². The first-order chi connectivity index (χ1) is 11.1. The Morgan fingerprint density at radius 2 is 1.83 bits per heavy atom. The van der Waals surface area contributed by atoms with Gasteiger partial charge in [0.05, 0.1) is 12.1 Å². The van der Waals surface area contributed by atoms with E-state index >= 15 is 0 Å². The average Bonchev–Trinajstić information content (AvgIpc) is 3.20. The molecule has 1 saturated carbocycles. The standard InChI is InChI=1S/C19H26N2O2/c22-18(20-17-10-4-5-11-17)21(14-16-8-2-1-3-9-16)15-19(23)12-6-7-13-19/h1-5,8-9,17,23H,6-7,10-15H2,(H,20,22). The molecule has 1 aromatic rings. The van der Waals surface area contributed by atoms with Crippen LogP contribution in [0.15, 0.2) is 42.5 Å². The fourth-order valence-electron chi connectivity index (χ4n) is 3.55. The van der Waals surface area contributed by atoms with Crippen molar-refractivity contribution in [1.82, 2.24) is 10.2 Å².